The number of pyridine rings is 1. The number of anilines is 3. The summed E-state index contributed by atoms with van der Waals surface area (Å²) in [7, 11) is 1.76. The molecule has 4 heterocycles. The Morgan fingerprint density at radius 3 is 2.60 bits per heavy atom. The average molecular weight is 609 g/mol. The first-order valence-electron chi connectivity index (χ1n) is 15.1. The fourth-order valence-corrected chi connectivity index (χ4v) is 5.77. The van der Waals surface area contributed by atoms with Crippen molar-refractivity contribution in [3.8, 4) is 11.3 Å². The highest BCUT2D eigenvalue weighted by atomic mass is 19.1. The number of nitrogens with one attached hydrogen (secondary N) is 2. The molecule has 232 valence electrons. The molecule has 2 aromatic carbocycles. The highest BCUT2D eigenvalue weighted by molar-refractivity contribution is 6.06. The molecule has 1 saturated heterocycles. The van der Waals surface area contributed by atoms with Gasteiger partial charge in [0.2, 0.25) is 11.9 Å². The standard InChI is InChI=1S/C34H37FN8O2/c1-20(2)26-19-37-43-31(26)40-34(42-16-14-24(45-5)15-17-42)41-33(43)36-18-27-21(3)8-6-10-25(27)28-13-12-23-9-7-11-29(30(23)38-28)39-32(44)22(4)35/h6-13,19-20,24H,4,14-18H2,1-3,5H3,(H,39,44)(H,36,40,41). The topological polar surface area (TPSA) is 110 Å². The van der Waals surface area contributed by atoms with Gasteiger partial charge in [0.25, 0.3) is 5.91 Å². The smallest absolute Gasteiger partial charge is 0.283 e. The molecule has 0 aliphatic carbocycles. The van der Waals surface area contributed by atoms with Crippen molar-refractivity contribution in [2.75, 3.05) is 35.7 Å². The highest BCUT2D eigenvalue weighted by Gasteiger charge is 2.24. The van der Waals surface area contributed by atoms with Crippen molar-refractivity contribution in [1.82, 2.24) is 24.6 Å². The van der Waals surface area contributed by atoms with Gasteiger partial charge in [0.05, 0.1) is 29.2 Å². The molecule has 0 unspecified atom stereocenters. The molecule has 6 rings (SSSR count). The van der Waals surface area contributed by atoms with Crippen LogP contribution >= 0.6 is 0 Å². The summed E-state index contributed by atoms with van der Waals surface area (Å²) in [6.45, 7) is 11.5. The summed E-state index contributed by atoms with van der Waals surface area (Å²) in [4.78, 5) is 29.1. The number of halogens is 1. The molecule has 1 aliphatic heterocycles. The molecule has 0 radical (unpaired) electrons. The number of nitrogens with zero attached hydrogens (tertiary/aromatic N) is 6. The first-order valence-corrected chi connectivity index (χ1v) is 15.1. The molecule has 45 heavy (non-hydrogen) atoms. The third-order valence-corrected chi connectivity index (χ3v) is 8.39. The van der Waals surface area contributed by atoms with Crippen LogP contribution in [0, 0.1) is 6.92 Å². The van der Waals surface area contributed by atoms with E-state index in [4.69, 9.17) is 19.7 Å². The lowest BCUT2D eigenvalue weighted by molar-refractivity contribution is -0.114. The summed E-state index contributed by atoms with van der Waals surface area (Å²) >= 11 is 0. The number of hydrogen-bond acceptors (Lipinski definition) is 8. The van der Waals surface area contributed by atoms with Crippen LogP contribution in [0.1, 0.15) is 49.3 Å². The van der Waals surface area contributed by atoms with E-state index in [9.17, 15) is 9.18 Å². The summed E-state index contributed by atoms with van der Waals surface area (Å²) in [5.74, 6) is -0.430. The predicted octanol–water partition coefficient (Wildman–Crippen LogP) is 6.42. The fraction of sp³-hybridized carbons (Fsp3) is 0.324. The van der Waals surface area contributed by atoms with Gasteiger partial charge in [0, 0.05) is 43.3 Å². The van der Waals surface area contributed by atoms with E-state index in [-0.39, 0.29) is 12.0 Å². The molecule has 1 amide bonds. The second kappa shape index (κ2) is 12.6. The fourth-order valence-electron chi connectivity index (χ4n) is 5.77. The molecule has 1 fully saturated rings. The number of hydrogen-bond donors (Lipinski definition) is 2. The Balaban J connectivity index is 1.36. The maximum absolute atomic E-state index is 13.5. The van der Waals surface area contributed by atoms with Gasteiger partial charge in [0.15, 0.2) is 11.5 Å². The normalized spacial score (nSPS) is 14.0. The number of methoxy groups -OCH3 is 1. The number of piperidine rings is 1. The van der Waals surface area contributed by atoms with Crippen LogP contribution in [0.5, 0.6) is 0 Å². The van der Waals surface area contributed by atoms with Gasteiger partial charge < -0.3 is 20.3 Å². The first-order chi connectivity index (χ1) is 21.7. The average Bonchev–Trinajstić information content (AvgIpc) is 3.49. The van der Waals surface area contributed by atoms with Gasteiger partial charge in [-0.25, -0.2) is 9.37 Å². The number of amides is 1. The minimum absolute atomic E-state index is 0.247. The van der Waals surface area contributed by atoms with Crippen LogP contribution in [-0.2, 0) is 16.1 Å². The number of ether oxygens (including phenoxy) is 1. The van der Waals surface area contributed by atoms with Crippen molar-refractivity contribution in [1.29, 1.82) is 0 Å². The molecule has 0 bridgehead atoms. The zero-order valence-corrected chi connectivity index (χ0v) is 26.0. The van der Waals surface area contributed by atoms with Crippen molar-refractivity contribution in [3.63, 3.8) is 0 Å². The molecule has 5 aromatic rings. The van der Waals surface area contributed by atoms with Gasteiger partial charge in [-0.2, -0.15) is 19.6 Å². The monoisotopic (exact) mass is 608 g/mol. The lowest BCUT2D eigenvalue weighted by Crippen LogP contribution is -2.37. The number of aromatic nitrogens is 5. The molecule has 3 aromatic heterocycles. The summed E-state index contributed by atoms with van der Waals surface area (Å²) in [5, 5.41) is 11.6. The van der Waals surface area contributed by atoms with Crippen LogP contribution in [0.3, 0.4) is 0 Å². The lowest BCUT2D eigenvalue weighted by atomic mass is 9.98. The van der Waals surface area contributed by atoms with E-state index in [0.717, 1.165) is 64.9 Å². The Morgan fingerprint density at radius 1 is 1.09 bits per heavy atom. The van der Waals surface area contributed by atoms with Crippen LogP contribution in [0.2, 0.25) is 0 Å². The third-order valence-electron chi connectivity index (χ3n) is 8.39. The third kappa shape index (κ3) is 6.08. The number of para-hydroxylation sites is 1. The number of carbonyl (C=O) groups is 1. The van der Waals surface area contributed by atoms with Crippen molar-refractivity contribution in [2.24, 2.45) is 0 Å². The Bertz CT molecular complexity index is 1890. The molecule has 0 spiro atoms. The number of benzene rings is 2. The molecular formula is C34H37FN8O2. The Morgan fingerprint density at radius 2 is 1.87 bits per heavy atom. The predicted molar refractivity (Wildman–Crippen MR) is 175 cm³/mol. The minimum Gasteiger partial charge on any atom is -0.381 e. The molecule has 2 N–H and O–H groups in total. The van der Waals surface area contributed by atoms with Gasteiger partial charge in [-0.3, -0.25) is 4.79 Å². The summed E-state index contributed by atoms with van der Waals surface area (Å²) in [6, 6.07) is 15.4. The first kappa shape index (κ1) is 30.1. The molecule has 0 saturated carbocycles. The van der Waals surface area contributed by atoms with Crippen LogP contribution in [-0.4, -0.2) is 56.8 Å². The zero-order valence-electron chi connectivity index (χ0n) is 26.0. The highest BCUT2D eigenvalue weighted by Crippen LogP contribution is 2.31. The van der Waals surface area contributed by atoms with E-state index in [1.807, 2.05) is 36.5 Å². The largest absolute Gasteiger partial charge is 0.381 e. The molecule has 0 atom stereocenters. The van der Waals surface area contributed by atoms with E-state index in [0.29, 0.717) is 29.6 Å². The van der Waals surface area contributed by atoms with E-state index < -0.39 is 11.7 Å². The Hall–Kier alpha value is -4.90. The number of aryl methyl sites for hydroxylation is 1. The van der Waals surface area contributed by atoms with Crippen LogP contribution < -0.4 is 15.5 Å². The second-order valence-corrected chi connectivity index (χ2v) is 11.6. The van der Waals surface area contributed by atoms with Gasteiger partial charge >= 0.3 is 0 Å². The lowest BCUT2D eigenvalue weighted by Gasteiger charge is -2.31. The van der Waals surface area contributed by atoms with Crippen molar-refractivity contribution < 1.29 is 13.9 Å². The second-order valence-electron chi connectivity index (χ2n) is 11.6. The summed E-state index contributed by atoms with van der Waals surface area (Å²) in [5.41, 5.74) is 6.58. The molecule has 10 nitrogen and oxygen atoms in total. The quantitative estimate of drug-likeness (QED) is 0.185. The van der Waals surface area contributed by atoms with E-state index >= 15 is 0 Å². The zero-order chi connectivity index (χ0) is 31.7. The molecule has 1 aliphatic rings. The number of carbonyl (C=O) groups excluding carboxylic acids is 1. The van der Waals surface area contributed by atoms with E-state index in [1.165, 1.54) is 0 Å². The van der Waals surface area contributed by atoms with Gasteiger partial charge in [0.1, 0.15) is 0 Å². The number of fused-ring (bicyclic) bond motifs is 2. The SMILES string of the molecule is C=C(F)C(=O)Nc1cccc2ccc(-c3cccc(C)c3CNc3nc(N4CCC(OC)CC4)nc4c(C(C)C)cnn34)nc12. The van der Waals surface area contributed by atoms with Crippen molar-refractivity contribution in [2.45, 2.75) is 52.2 Å². The van der Waals surface area contributed by atoms with Crippen LogP contribution in [0.15, 0.2) is 67.1 Å². The van der Waals surface area contributed by atoms with Gasteiger partial charge in [-0.1, -0.05) is 56.8 Å². The van der Waals surface area contributed by atoms with Gasteiger partial charge in [-0.15, -0.1) is 0 Å². The van der Waals surface area contributed by atoms with Crippen molar-refractivity contribution >= 4 is 40.0 Å². The van der Waals surface area contributed by atoms with Crippen LogP contribution in [0.4, 0.5) is 22.0 Å². The van der Waals surface area contributed by atoms with E-state index in [1.54, 1.807) is 23.8 Å². The molecular weight excluding hydrogens is 571 g/mol. The summed E-state index contributed by atoms with van der Waals surface area (Å²) < 4.78 is 20.8. The maximum Gasteiger partial charge on any atom is 0.283 e. The minimum atomic E-state index is -1.06. The van der Waals surface area contributed by atoms with Gasteiger partial charge in [-0.05, 0) is 48.9 Å². The number of rotatable bonds is 9. The molecule has 11 heteroatoms. The van der Waals surface area contributed by atoms with E-state index in [2.05, 4.69) is 54.0 Å². The van der Waals surface area contributed by atoms with Crippen LogP contribution in [0.25, 0.3) is 27.8 Å². The van der Waals surface area contributed by atoms with Crippen molar-refractivity contribution in [3.05, 3.63) is 83.8 Å². The summed E-state index contributed by atoms with van der Waals surface area (Å²) in [6.07, 6.45) is 3.96. The Kier molecular flexibility index (Phi) is 8.44. The maximum atomic E-state index is 13.5. The Labute approximate surface area is 261 Å².